The Labute approximate surface area is 107 Å². The Hall–Kier alpha value is -1.49. The summed E-state index contributed by atoms with van der Waals surface area (Å²) in [6.07, 6.45) is 0.540. The normalized spacial score (nSPS) is 10.5. The molecule has 0 amide bonds. The molecule has 2 N–H and O–H groups in total. The maximum Gasteiger partial charge on any atom is 0.141 e. The van der Waals surface area contributed by atoms with Gasteiger partial charge in [0, 0.05) is 6.42 Å². The fraction of sp³-hybridized carbons (Fsp3) is 0.167. The number of aromatic nitrogens is 2. The van der Waals surface area contributed by atoms with E-state index in [0.717, 1.165) is 15.7 Å². The van der Waals surface area contributed by atoms with Crippen LogP contribution in [0.3, 0.4) is 0 Å². The summed E-state index contributed by atoms with van der Waals surface area (Å²) < 4.78 is 13.5. The van der Waals surface area contributed by atoms with E-state index in [9.17, 15) is 4.39 Å². The first-order valence-corrected chi connectivity index (χ1v) is 5.88. The van der Waals surface area contributed by atoms with Gasteiger partial charge in [0.15, 0.2) is 0 Å². The van der Waals surface area contributed by atoms with Gasteiger partial charge in [0.25, 0.3) is 0 Å². The molecule has 0 unspecified atom stereocenters. The van der Waals surface area contributed by atoms with E-state index in [2.05, 4.69) is 25.9 Å². The molecule has 0 spiro atoms. The van der Waals surface area contributed by atoms with E-state index in [1.54, 1.807) is 12.1 Å². The number of nitrogens with two attached hydrogens (primary N) is 1. The number of aryl methyl sites for hydroxylation is 1. The molecule has 2 rings (SSSR count). The number of hydrogen-bond donors (Lipinski definition) is 1. The molecule has 0 atom stereocenters. The zero-order valence-corrected chi connectivity index (χ0v) is 10.8. The summed E-state index contributed by atoms with van der Waals surface area (Å²) in [7, 11) is 0. The topological polar surface area (TPSA) is 51.8 Å². The number of nitrogen functional groups attached to an aromatic ring is 1. The molecule has 0 saturated heterocycles. The lowest BCUT2D eigenvalue weighted by atomic mass is 10.1. The Kier molecular flexibility index (Phi) is 3.38. The molecule has 1 aromatic heterocycles. The van der Waals surface area contributed by atoms with Gasteiger partial charge in [0.1, 0.15) is 17.5 Å². The first-order valence-electron chi connectivity index (χ1n) is 5.09. The van der Waals surface area contributed by atoms with E-state index in [-0.39, 0.29) is 5.82 Å². The summed E-state index contributed by atoms with van der Waals surface area (Å²) in [4.78, 5) is 8.50. The Balaban J connectivity index is 2.27. The number of benzene rings is 1. The zero-order chi connectivity index (χ0) is 12.4. The van der Waals surface area contributed by atoms with Crippen molar-refractivity contribution in [3.8, 4) is 0 Å². The Bertz CT molecular complexity index is 517. The molecule has 1 aromatic carbocycles. The predicted molar refractivity (Wildman–Crippen MR) is 68.1 cm³/mol. The lowest BCUT2D eigenvalue weighted by Crippen LogP contribution is -2.04. The molecule has 1 heterocycles. The molecule has 88 valence electrons. The molecule has 0 bridgehead atoms. The van der Waals surface area contributed by atoms with Crippen molar-refractivity contribution in [2.24, 2.45) is 0 Å². The van der Waals surface area contributed by atoms with Crippen molar-refractivity contribution in [3.63, 3.8) is 0 Å². The summed E-state index contributed by atoms with van der Waals surface area (Å²) in [5.41, 5.74) is 7.49. The highest BCUT2D eigenvalue weighted by Gasteiger charge is 2.07. The number of anilines is 1. The third-order valence-electron chi connectivity index (χ3n) is 2.36. The van der Waals surface area contributed by atoms with Gasteiger partial charge in [-0.1, -0.05) is 12.1 Å². The average Bonchev–Trinajstić information content (AvgIpc) is 2.29. The van der Waals surface area contributed by atoms with Gasteiger partial charge in [-0.3, -0.25) is 0 Å². The third kappa shape index (κ3) is 2.79. The predicted octanol–water partition coefficient (Wildman–Crippen LogP) is 2.86. The average molecular weight is 296 g/mol. The number of hydrogen-bond acceptors (Lipinski definition) is 3. The minimum Gasteiger partial charge on any atom is -0.383 e. The fourth-order valence-corrected chi connectivity index (χ4v) is 1.68. The molecule has 0 aliphatic heterocycles. The highest BCUT2D eigenvalue weighted by Crippen LogP contribution is 2.20. The van der Waals surface area contributed by atoms with Gasteiger partial charge < -0.3 is 5.73 Å². The first kappa shape index (κ1) is 12.0. The van der Waals surface area contributed by atoms with E-state index >= 15 is 0 Å². The molecule has 0 aliphatic rings. The van der Waals surface area contributed by atoms with Gasteiger partial charge >= 0.3 is 0 Å². The van der Waals surface area contributed by atoms with Gasteiger partial charge in [-0.15, -0.1) is 0 Å². The largest absolute Gasteiger partial charge is 0.383 e. The van der Waals surface area contributed by atoms with Crippen LogP contribution in [0.4, 0.5) is 10.2 Å². The van der Waals surface area contributed by atoms with Gasteiger partial charge in [-0.05, 0) is 40.5 Å². The second kappa shape index (κ2) is 4.79. The minimum absolute atomic E-state index is 0.249. The zero-order valence-electron chi connectivity index (χ0n) is 9.24. The first-order chi connectivity index (χ1) is 8.06. The summed E-state index contributed by atoms with van der Waals surface area (Å²) in [6.45, 7) is 1.86. The summed E-state index contributed by atoms with van der Waals surface area (Å²) in [5, 5.41) is 0. The second-order valence-electron chi connectivity index (χ2n) is 3.73. The van der Waals surface area contributed by atoms with Crippen molar-refractivity contribution in [1.29, 1.82) is 0 Å². The Morgan fingerprint density at radius 1 is 1.24 bits per heavy atom. The summed E-state index contributed by atoms with van der Waals surface area (Å²) >= 11 is 3.31. The van der Waals surface area contributed by atoms with Crippen LogP contribution in [0.15, 0.2) is 28.7 Å². The van der Waals surface area contributed by atoms with E-state index < -0.39 is 0 Å². The summed E-state index contributed by atoms with van der Waals surface area (Å²) in [5.74, 6) is 0.811. The number of nitrogens with zero attached hydrogens (tertiary/aromatic N) is 2. The lowest BCUT2D eigenvalue weighted by Gasteiger charge is -2.05. The molecule has 0 aliphatic carbocycles. The van der Waals surface area contributed by atoms with Gasteiger partial charge in [0.05, 0.1) is 10.2 Å². The van der Waals surface area contributed by atoms with Gasteiger partial charge in [-0.25, -0.2) is 14.4 Å². The molecule has 0 radical (unpaired) electrons. The Morgan fingerprint density at radius 3 is 2.47 bits per heavy atom. The quantitative estimate of drug-likeness (QED) is 0.927. The van der Waals surface area contributed by atoms with E-state index in [1.165, 1.54) is 12.1 Å². The van der Waals surface area contributed by atoms with Crippen LogP contribution in [0.1, 0.15) is 17.1 Å². The lowest BCUT2D eigenvalue weighted by molar-refractivity contribution is 0.627. The number of rotatable bonds is 2. The van der Waals surface area contributed by atoms with Crippen LogP contribution < -0.4 is 5.73 Å². The number of halogens is 2. The maximum atomic E-state index is 12.7. The minimum atomic E-state index is -0.249. The van der Waals surface area contributed by atoms with Crippen molar-refractivity contribution < 1.29 is 4.39 Å². The SMILES string of the molecule is Cc1nc(Cc2ccc(F)cc2)nc(N)c1Br. The highest BCUT2D eigenvalue weighted by atomic mass is 79.9. The van der Waals surface area contributed by atoms with Crippen molar-refractivity contribution in [2.45, 2.75) is 13.3 Å². The second-order valence-corrected chi connectivity index (χ2v) is 4.52. The van der Waals surface area contributed by atoms with Crippen LogP contribution in [0, 0.1) is 12.7 Å². The molecule has 0 fully saturated rings. The van der Waals surface area contributed by atoms with E-state index in [1.807, 2.05) is 6.92 Å². The van der Waals surface area contributed by atoms with Crippen LogP contribution in [0.5, 0.6) is 0 Å². The van der Waals surface area contributed by atoms with Gasteiger partial charge in [0.2, 0.25) is 0 Å². The van der Waals surface area contributed by atoms with Crippen molar-refractivity contribution in [1.82, 2.24) is 9.97 Å². The third-order valence-corrected chi connectivity index (χ3v) is 3.34. The molecule has 17 heavy (non-hydrogen) atoms. The standard InChI is InChI=1S/C12H11BrFN3/c1-7-11(13)12(15)17-10(16-7)6-8-2-4-9(14)5-3-8/h2-5H,6H2,1H3,(H2,15,16,17). The van der Waals surface area contributed by atoms with E-state index in [0.29, 0.717) is 18.1 Å². The Morgan fingerprint density at radius 2 is 1.88 bits per heavy atom. The maximum absolute atomic E-state index is 12.7. The smallest absolute Gasteiger partial charge is 0.141 e. The van der Waals surface area contributed by atoms with Crippen LogP contribution in [0.25, 0.3) is 0 Å². The van der Waals surface area contributed by atoms with Crippen LogP contribution in [0.2, 0.25) is 0 Å². The fourth-order valence-electron chi connectivity index (χ4n) is 1.51. The van der Waals surface area contributed by atoms with Gasteiger partial charge in [-0.2, -0.15) is 0 Å². The van der Waals surface area contributed by atoms with Crippen LogP contribution in [-0.4, -0.2) is 9.97 Å². The van der Waals surface area contributed by atoms with E-state index in [4.69, 9.17) is 5.73 Å². The summed E-state index contributed by atoms with van der Waals surface area (Å²) in [6, 6.07) is 6.27. The van der Waals surface area contributed by atoms with Crippen molar-refractivity contribution in [3.05, 3.63) is 51.6 Å². The van der Waals surface area contributed by atoms with Crippen LogP contribution >= 0.6 is 15.9 Å². The molecule has 3 nitrogen and oxygen atoms in total. The molecule has 5 heteroatoms. The molecular formula is C12H11BrFN3. The van der Waals surface area contributed by atoms with Crippen molar-refractivity contribution in [2.75, 3.05) is 5.73 Å². The van der Waals surface area contributed by atoms with Crippen molar-refractivity contribution >= 4 is 21.7 Å². The molecule has 0 saturated carbocycles. The molecular weight excluding hydrogens is 285 g/mol. The highest BCUT2D eigenvalue weighted by molar-refractivity contribution is 9.10. The molecule has 2 aromatic rings. The monoisotopic (exact) mass is 295 g/mol. The van der Waals surface area contributed by atoms with Crippen LogP contribution in [-0.2, 0) is 6.42 Å².